The molecule has 1 aromatic carbocycles. The summed E-state index contributed by atoms with van der Waals surface area (Å²) in [5, 5.41) is 0. The maximum Gasteiger partial charge on any atom is 0.0525 e. The standard InChI is InChI=1S/C18H19BrN2/c1-20(2)10-3-5-16-17-13-15(19)8-7-14(17)9-12-21-11-4-6-18(16)21/h4-9,11-13H,3,10H2,1-2H3/b16-5+. The summed E-state index contributed by atoms with van der Waals surface area (Å²) < 4.78 is 3.31. The molecule has 0 radical (unpaired) electrons. The van der Waals surface area contributed by atoms with Crippen LogP contribution in [-0.2, 0) is 0 Å². The predicted octanol–water partition coefficient (Wildman–Crippen LogP) is 4.58. The Morgan fingerprint density at radius 3 is 2.90 bits per heavy atom. The van der Waals surface area contributed by atoms with Crippen LogP contribution in [0.3, 0.4) is 0 Å². The van der Waals surface area contributed by atoms with Crippen LogP contribution in [0.1, 0.15) is 23.2 Å². The fraction of sp³-hybridized carbons (Fsp3) is 0.222. The lowest BCUT2D eigenvalue weighted by Crippen LogP contribution is -2.12. The van der Waals surface area contributed by atoms with Gasteiger partial charge >= 0.3 is 0 Å². The minimum absolute atomic E-state index is 1.04. The van der Waals surface area contributed by atoms with Crippen molar-refractivity contribution in [2.75, 3.05) is 20.6 Å². The Labute approximate surface area is 134 Å². The van der Waals surface area contributed by atoms with Crippen LogP contribution in [0.25, 0.3) is 17.8 Å². The predicted molar refractivity (Wildman–Crippen MR) is 94.0 cm³/mol. The van der Waals surface area contributed by atoms with Gasteiger partial charge in [0.2, 0.25) is 0 Å². The van der Waals surface area contributed by atoms with E-state index in [0.717, 1.165) is 17.4 Å². The molecule has 1 aliphatic heterocycles. The Morgan fingerprint density at radius 2 is 2.10 bits per heavy atom. The van der Waals surface area contributed by atoms with Gasteiger partial charge in [0.1, 0.15) is 0 Å². The molecule has 2 aromatic rings. The molecule has 0 saturated heterocycles. The SMILES string of the molecule is CN(C)CC/C=C1\c2cc(Br)ccc2C=Cn2cccc21. The average Bonchev–Trinajstić information content (AvgIpc) is 2.85. The molecule has 0 aliphatic carbocycles. The number of hydrogen-bond donors (Lipinski definition) is 0. The molecule has 0 N–H and O–H groups in total. The highest BCUT2D eigenvalue weighted by molar-refractivity contribution is 9.10. The van der Waals surface area contributed by atoms with Gasteiger partial charge in [-0.15, -0.1) is 0 Å². The Hall–Kier alpha value is -1.58. The first-order valence-corrected chi connectivity index (χ1v) is 7.94. The van der Waals surface area contributed by atoms with Crippen LogP contribution in [-0.4, -0.2) is 30.1 Å². The molecule has 108 valence electrons. The van der Waals surface area contributed by atoms with Crippen LogP contribution in [0.2, 0.25) is 0 Å². The first-order valence-electron chi connectivity index (χ1n) is 7.15. The van der Waals surface area contributed by atoms with Crippen molar-refractivity contribution in [3.05, 3.63) is 63.9 Å². The van der Waals surface area contributed by atoms with Gasteiger partial charge in [-0.2, -0.15) is 0 Å². The van der Waals surface area contributed by atoms with Gasteiger partial charge in [0, 0.05) is 29.0 Å². The van der Waals surface area contributed by atoms with Gasteiger partial charge in [0.15, 0.2) is 0 Å². The lowest BCUT2D eigenvalue weighted by Gasteiger charge is -2.12. The fourth-order valence-electron chi connectivity index (χ4n) is 2.64. The molecule has 0 atom stereocenters. The molecule has 0 bridgehead atoms. The monoisotopic (exact) mass is 342 g/mol. The minimum Gasteiger partial charge on any atom is -0.323 e. The number of aromatic nitrogens is 1. The topological polar surface area (TPSA) is 8.17 Å². The molecule has 0 saturated carbocycles. The largest absolute Gasteiger partial charge is 0.323 e. The minimum atomic E-state index is 1.04. The van der Waals surface area contributed by atoms with Gasteiger partial charge in [0.25, 0.3) is 0 Å². The lowest BCUT2D eigenvalue weighted by atomic mass is 9.97. The summed E-state index contributed by atoms with van der Waals surface area (Å²) in [5.74, 6) is 0. The third kappa shape index (κ3) is 3.04. The van der Waals surface area contributed by atoms with Gasteiger partial charge in [-0.1, -0.05) is 28.1 Å². The first kappa shape index (κ1) is 14.4. The molecule has 1 aromatic heterocycles. The summed E-state index contributed by atoms with van der Waals surface area (Å²) >= 11 is 3.60. The van der Waals surface area contributed by atoms with Crippen LogP contribution < -0.4 is 0 Å². The number of fused-ring (bicyclic) bond motifs is 2. The number of halogens is 1. The molecule has 0 unspecified atom stereocenters. The summed E-state index contributed by atoms with van der Waals surface area (Å²) in [6.45, 7) is 1.06. The number of rotatable bonds is 3. The van der Waals surface area contributed by atoms with E-state index in [4.69, 9.17) is 0 Å². The third-order valence-electron chi connectivity index (χ3n) is 3.70. The van der Waals surface area contributed by atoms with Gasteiger partial charge < -0.3 is 9.47 Å². The van der Waals surface area contributed by atoms with Crippen molar-refractivity contribution >= 4 is 33.8 Å². The van der Waals surface area contributed by atoms with Crippen LogP contribution in [0.4, 0.5) is 0 Å². The van der Waals surface area contributed by atoms with Crippen molar-refractivity contribution in [1.82, 2.24) is 9.47 Å². The van der Waals surface area contributed by atoms with E-state index in [-0.39, 0.29) is 0 Å². The van der Waals surface area contributed by atoms with Crippen molar-refractivity contribution in [2.45, 2.75) is 6.42 Å². The summed E-state index contributed by atoms with van der Waals surface area (Å²) in [6, 6.07) is 10.8. The fourth-order valence-corrected chi connectivity index (χ4v) is 3.00. The molecule has 0 fully saturated rings. The lowest BCUT2D eigenvalue weighted by molar-refractivity contribution is 0.417. The zero-order chi connectivity index (χ0) is 14.8. The number of nitrogens with zero attached hydrogens (tertiary/aromatic N) is 2. The normalized spacial score (nSPS) is 15.1. The second kappa shape index (κ2) is 6.04. The Morgan fingerprint density at radius 1 is 1.24 bits per heavy atom. The van der Waals surface area contributed by atoms with E-state index in [0.29, 0.717) is 0 Å². The van der Waals surface area contributed by atoms with Crippen LogP contribution in [0.15, 0.2) is 47.1 Å². The van der Waals surface area contributed by atoms with E-state index in [1.807, 2.05) is 0 Å². The molecule has 2 nitrogen and oxygen atoms in total. The molecule has 21 heavy (non-hydrogen) atoms. The molecular weight excluding hydrogens is 324 g/mol. The van der Waals surface area contributed by atoms with E-state index < -0.39 is 0 Å². The van der Waals surface area contributed by atoms with Crippen molar-refractivity contribution < 1.29 is 0 Å². The van der Waals surface area contributed by atoms with Crippen molar-refractivity contribution in [3.63, 3.8) is 0 Å². The highest BCUT2D eigenvalue weighted by Crippen LogP contribution is 2.33. The third-order valence-corrected chi connectivity index (χ3v) is 4.19. The van der Waals surface area contributed by atoms with Gasteiger partial charge in [-0.05, 0) is 62.0 Å². The number of benzene rings is 1. The average molecular weight is 343 g/mol. The van der Waals surface area contributed by atoms with E-state index in [2.05, 4.69) is 94.4 Å². The Balaban J connectivity index is 2.09. The second-order valence-electron chi connectivity index (χ2n) is 5.56. The van der Waals surface area contributed by atoms with Crippen molar-refractivity contribution in [1.29, 1.82) is 0 Å². The van der Waals surface area contributed by atoms with Crippen molar-refractivity contribution in [2.24, 2.45) is 0 Å². The van der Waals surface area contributed by atoms with Crippen LogP contribution in [0.5, 0.6) is 0 Å². The van der Waals surface area contributed by atoms with E-state index >= 15 is 0 Å². The summed E-state index contributed by atoms with van der Waals surface area (Å²) in [5.41, 5.74) is 5.11. The summed E-state index contributed by atoms with van der Waals surface area (Å²) in [7, 11) is 4.22. The molecule has 2 heterocycles. The van der Waals surface area contributed by atoms with Crippen LogP contribution >= 0.6 is 15.9 Å². The van der Waals surface area contributed by atoms with Crippen molar-refractivity contribution in [3.8, 4) is 0 Å². The quantitative estimate of drug-likeness (QED) is 0.676. The Bertz CT molecular complexity index is 708. The molecule has 1 aliphatic rings. The van der Waals surface area contributed by atoms with Gasteiger partial charge in [-0.3, -0.25) is 0 Å². The zero-order valence-corrected chi connectivity index (χ0v) is 14.0. The van der Waals surface area contributed by atoms with Gasteiger partial charge in [-0.25, -0.2) is 0 Å². The zero-order valence-electron chi connectivity index (χ0n) is 12.4. The maximum absolute atomic E-state index is 3.60. The highest BCUT2D eigenvalue weighted by atomic mass is 79.9. The van der Waals surface area contributed by atoms with Crippen LogP contribution in [0, 0.1) is 0 Å². The first-order chi connectivity index (χ1) is 10.1. The number of hydrogen-bond acceptors (Lipinski definition) is 1. The molecular formula is C18H19BrN2. The molecule has 0 spiro atoms. The van der Waals surface area contributed by atoms with E-state index in [1.54, 1.807) is 0 Å². The second-order valence-corrected chi connectivity index (χ2v) is 6.47. The molecule has 3 heteroatoms. The Kier molecular flexibility index (Phi) is 4.13. The van der Waals surface area contributed by atoms with E-state index in [1.165, 1.54) is 22.4 Å². The maximum atomic E-state index is 3.60. The van der Waals surface area contributed by atoms with Gasteiger partial charge in [0.05, 0.1) is 5.69 Å². The van der Waals surface area contributed by atoms with E-state index in [9.17, 15) is 0 Å². The summed E-state index contributed by atoms with van der Waals surface area (Å²) in [4.78, 5) is 2.22. The summed E-state index contributed by atoms with van der Waals surface area (Å²) in [6.07, 6.45) is 9.81. The molecule has 3 rings (SSSR count). The molecule has 0 amide bonds. The highest BCUT2D eigenvalue weighted by Gasteiger charge is 2.15. The smallest absolute Gasteiger partial charge is 0.0525 e.